The molecule has 0 amide bonds. The second kappa shape index (κ2) is 3.72. The molecule has 2 aromatic rings. The topological polar surface area (TPSA) is 56.7 Å². The normalized spacial score (nSPS) is 19.6. The zero-order chi connectivity index (χ0) is 11.9. The van der Waals surface area contributed by atoms with Crippen LogP contribution in [-0.4, -0.2) is 14.5 Å². The van der Waals surface area contributed by atoms with Crippen molar-refractivity contribution in [3.63, 3.8) is 0 Å². The Labute approximate surface area is 101 Å². The van der Waals surface area contributed by atoms with E-state index in [-0.39, 0.29) is 5.54 Å². The number of aromatic nitrogens is 3. The fraction of sp³-hybridized carbons (Fsp3) is 0.538. The molecule has 90 valence electrons. The summed E-state index contributed by atoms with van der Waals surface area (Å²) in [5.74, 6) is 0.600. The molecule has 0 radical (unpaired) electrons. The van der Waals surface area contributed by atoms with E-state index >= 15 is 0 Å². The second-order valence-corrected chi connectivity index (χ2v) is 5.21. The molecule has 0 atom stereocenters. The Balaban J connectivity index is 2.18. The number of fused-ring (bicyclic) bond motifs is 1. The van der Waals surface area contributed by atoms with Crippen LogP contribution in [0.3, 0.4) is 0 Å². The first kappa shape index (κ1) is 10.6. The maximum absolute atomic E-state index is 6.08. The van der Waals surface area contributed by atoms with Crippen LogP contribution in [0, 0.1) is 0 Å². The first-order valence-electron chi connectivity index (χ1n) is 6.30. The summed E-state index contributed by atoms with van der Waals surface area (Å²) in [6.45, 7) is 2.28. The Morgan fingerprint density at radius 2 is 2.06 bits per heavy atom. The molecular formula is C13H18N4. The van der Waals surface area contributed by atoms with Gasteiger partial charge in [-0.2, -0.15) is 0 Å². The van der Waals surface area contributed by atoms with E-state index in [1.54, 1.807) is 0 Å². The smallest absolute Gasteiger partial charge is 0.202 e. The van der Waals surface area contributed by atoms with Crippen LogP contribution in [0.2, 0.25) is 0 Å². The summed E-state index contributed by atoms with van der Waals surface area (Å²) in [6.07, 6.45) is 8.01. The predicted octanol–water partition coefficient (Wildman–Crippen LogP) is 2.69. The van der Waals surface area contributed by atoms with Gasteiger partial charge in [-0.3, -0.25) is 4.57 Å². The van der Waals surface area contributed by atoms with Crippen molar-refractivity contribution < 1.29 is 0 Å². The second-order valence-electron chi connectivity index (χ2n) is 5.21. The first-order valence-corrected chi connectivity index (χ1v) is 6.30. The largest absolute Gasteiger partial charge is 0.369 e. The highest BCUT2D eigenvalue weighted by atomic mass is 15.2. The van der Waals surface area contributed by atoms with Gasteiger partial charge in [0.25, 0.3) is 0 Å². The fourth-order valence-corrected chi connectivity index (χ4v) is 3.00. The van der Waals surface area contributed by atoms with Gasteiger partial charge in [0.1, 0.15) is 5.52 Å². The molecule has 1 aliphatic carbocycles. The molecule has 0 unspecified atom stereocenters. The molecule has 2 N–H and O–H groups in total. The lowest BCUT2D eigenvalue weighted by atomic mass is 9.83. The average Bonchev–Trinajstić information content (AvgIpc) is 2.66. The van der Waals surface area contributed by atoms with Crippen molar-refractivity contribution in [1.29, 1.82) is 0 Å². The number of imidazole rings is 1. The fourth-order valence-electron chi connectivity index (χ4n) is 3.00. The quantitative estimate of drug-likeness (QED) is 0.819. The molecule has 0 saturated heterocycles. The summed E-state index contributed by atoms with van der Waals surface area (Å²) in [5, 5.41) is 0. The first-order chi connectivity index (χ1) is 8.21. The SMILES string of the molecule is CC1(n2c(N)nc3cccnc32)CCCCC1. The maximum atomic E-state index is 6.08. The summed E-state index contributed by atoms with van der Waals surface area (Å²) >= 11 is 0. The van der Waals surface area contributed by atoms with Crippen LogP contribution in [0.1, 0.15) is 39.0 Å². The third-order valence-electron chi connectivity index (χ3n) is 3.91. The highest BCUT2D eigenvalue weighted by molar-refractivity contribution is 5.74. The Morgan fingerprint density at radius 3 is 2.82 bits per heavy atom. The van der Waals surface area contributed by atoms with Crippen molar-refractivity contribution >= 4 is 17.1 Å². The number of hydrogen-bond donors (Lipinski definition) is 1. The molecule has 3 rings (SSSR count). The summed E-state index contributed by atoms with van der Waals surface area (Å²) in [4.78, 5) is 8.85. The molecule has 1 fully saturated rings. The van der Waals surface area contributed by atoms with Crippen molar-refractivity contribution in [3.05, 3.63) is 18.3 Å². The molecule has 2 heterocycles. The van der Waals surface area contributed by atoms with E-state index in [0.717, 1.165) is 11.2 Å². The van der Waals surface area contributed by atoms with Crippen molar-refractivity contribution in [2.24, 2.45) is 0 Å². The van der Waals surface area contributed by atoms with E-state index in [2.05, 4.69) is 21.5 Å². The zero-order valence-electron chi connectivity index (χ0n) is 10.2. The van der Waals surface area contributed by atoms with Crippen LogP contribution in [0.15, 0.2) is 18.3 Å². The summed E-state index contributed by atoms with van der Waals surface area (Å²) in [6, 6.07) is 3.88. The Kier molecular flexibility index (Phi) is 2.31. The molecule has 4 nitrogen and oxygen atoms in total. The third-order valence-corrected chi connectivity index (χ3v) is 3.91. The molecule has 4 heteroatoms. The van der Waals surface area contributed by atoms with Gasteiger partial charge in [0.15, 0.2) is 5.65 Å². The van der Waals surface area contributed by atoms with E-state index in [1.165, 1.54) is 32.1 Å². The summed E-state index contributed by atoms with van der Waals surface area (Å²) < 4.78 is 2.14. The Morgan fingerprint density at radius 1 is 1.29 bits per heavy atom. The number of nitrogens with two attached hydrogens (primary N) is 1. The third kappa shape index (κ3) is 1.59. The van der Waals surface area contributed by atoms with E-state index in [1.807, 2.05) is 18.3 Å². The predicted molar refractivity (Wildman–Crippen MR) is 68.7 cm³/mol. The van der Waals surface area contributed by atoms with Crippen LogP contribution in [0.4, 0.5) is 5.95 Å². The van der Waals surface area contributed by atoms with Gasteiger partial charge >= 0.3 is 0 Å². The van der Waals surface area contributed by atoms with Gasteiger partial charge in [0.05, 0.1) is 0 Å². The molecule has 0 bridgehead atoms. The van der Waals surface area contributed by atoms with Crippen molar-refractivity contribution in [2.45, 2.75) is 44.6 Å². The number of rotatable bonds is 1. The highest BCUT2D eigenvalue weighted by Gasteiger charge is 2.32. The van der Waals surface area contributed by atoms with Gasteiger partial charge in [-0.05, 0) is 31.9 Å². The molecule has 2 aromatic heterocycles. The minimum absolute atomic E-state index is 0.0887. The van der Waals surface area contributed by atoms with Gasteiger partial charge in [-0.25, -0.2) is 9.97 Å². The van der Waals surface area contributed by atoms with Gasteiger partial charge in [-0.1, -0.05) is 19.3 Å². The maximum Gasteiger partial charge on any atom is 0.202 e. The Hall–Kier alpha value is -1.58. The highest BCUT2D eigenvalue weighted by Crippen LogP contribution is 2.37. The van der Waals surface area contributed by atoms with Crippen LogP contribution in [0.25, 0.3) is 11.2 Å². The van der Waals surface area contributed by atoms with Crippen LogP contribution in [-0.2, 0) is 5.54 Å². The molecule has 1 saturated carbocycles. The molecule has 0 aliphatic heterocycles. The minimum atomic E-state index is 0.0887. The average molecular weight is 230 g/mol. The summed E-state index contributed by atoms with van der Waals surface area (Å²) in [5.41, 5.74) is 8.00. The zero-order valence-corrected chi connectivity index (χ0v) is 10.2. The van der Waals surface area contributed by atoms with Crippen LogP contribution >= 0.6 is 0 Å². The molecule has 17 heavy (non-hydrogen) atoms. The summed E-state index contributed by atoms with van der Waals surface area (Å²) in [7, 11) is 0. The lowest BCUT2D eigenvalue weighted by Crippen LogP contribution is -2.33. The Bertz CT molecular complexity index is 537. The minimum Gasteiger partial charge on any atom is -0.369 e. The van der Waals surface area contributed by atoms with E-state index in [4.69, 9.17) is 5.73 Å². The van der Waals surface area contributed by atoms with Gasteiger partial charge in [0, 0.05) is 11.7 Å². The molecule has 0 aromatic carbocycles. The number of hydrogen-bond acceptors (Lipinski definition) is 3. The number of anilines is 1. The van der Waals surface area contributed by atoms with E-state index < -0.39 is 0 Å². The van der Waals surface area contributed by atoms with Crippen molar-refractivity contribution in [3.8, 4) is 0 Å². The lowest BCUT2D eigenvalue weighted by Gasteiger charge is -2.35. The van der Waals surface area contributed by atoms with Crippen LogP contribution < -0.4 is 5.73 Å². The lowest BCUT2D eigenvalue weighted by molar-refractivity contribution is 0.227. The van der Waals surface area contributed by atoms with Crippen molar-refractivity contribution in [1.82, 2.24) is 14.5 Å². The monoisotopic (exact) mass is 230 g/mol. The van der Waals surface area contributed by atoms with Gasteiger partial charge in [-0.15, -0.1) is 0 Å². The number of pyridine rings is 1. The van der Waals surface area contributed by atoms with Gasteiger partial charge < -0.3 is 5.73 Å². The number of nitrogens with zero attached hydrogens (tertiary/aromatic N) is 3. The van der Waals surface area contributed by atoms with Gasteiger partial charge in [0.2, 0.25) is 5.95 Å². The molecule has 0 spiro atoms. The van der Waals surface area contributed by atoms with E-state index in [0.29, 0.717) is 5.95 Å². The standard InChI is InChI=1S/C13H18N4/c1-13(7-3-2-4-8-13)17-11-10(16-12(17)14)6-5-9-15-11/h5-6,9H,2-4,7-8H2,1H3,(H2,14,16). The van der Waals surface area contributed by atoms with Crippen LogP contribution in [0.5, 0.6) is 0 Å². The molecular weight excluding hydrogens is 212 g/mol. The van der Waals surface area contributed by atoms with Crippen molar-refractivity contribution in [2.75, 3.05) is 5.73 Å². The number of nitrogen functional groups attached to an aromatic ring is 1. The molecule has 1 aliphatic rings. The van der Waals surface area contributed by atoms with E-state index in [9.17, 15) is 0 Å².